The van der Waals surface area contributed by atoms with Crippen LogP contribution in [0.5, 0.6) is 0 Å². The minimum Gasteiger partial charge on any atom is -0.309 e. The van der Waals surface area contributed by atoms with Gasteiger partial charge in [-0.3, -0.25) is 0 Å². The van der Waals surface area contributed by atoms with Crippen LogP contribution in [-0.2, 0) is 19.3 Å². The Morgan fingerprint density at radius 2 is 1.55 bits per heavy atom. The Hall–Kier alpha value is -1.52. The van der Waals surface area contributed by atoms with Gasteiger partial charge >= 0.3 is 6.18 Å². The molecule has 1 N–H and O–H groups in total. The minimum absolute atomic E-state index is 0.489. The second-order valence-electron chi connectivity index (χ2n) is 4.39. The highest BCUT2D eigenvalue weighted by Crippen LogP contribution is 2.29. The maximum absolute atomic E-state index is 12.4. The van der Waals surface area contributed by atoms with E-state index in [0.717, 1.165) is 23.3 Å². The van der Waals surface area contributed by atoms with Gasteiger partial charge in [0.25, 0.3) is 0 Å². The molecule has 2 rings (SSSR count). The molecule has 0 fully saturated rings. The number of benzene rings is 2. The average molecular weight is 300 g/mol. The molecule has 0 spiro atoms. The summed E-state index contributed by atoms with van der Waals surface area (Å²) >= 11 is 6.01. The maximum atomic E-state index is 12.4. The summed E-state index contributed by atoms with van der Waals surface area (Å²) < 4.78 is 37.2. The van der Waals surface area contributed by atoms with E-state index in [4.69, 9.17) is 11.6 Å². The van der Waals surface area contributed by atoms with E-state index >= 15 is 0 Å². The fourth-order valence-corrected chi connectivity index (χ4v) is 2.00. The highest BCUT2D eigenvalue weighted by Gasteiger charge is 2.29. The predicted molar refractivity (Wildman–Crippen MR) is 73.4 cm³/mol. The number of rotatable bonds is 4. The molecule has 20 heavy (non-hydrogen) atoms. The summed E-state index contributed by atoms with van der Waals surface area (Å²) in [6.45, 7) is 1.06. The topological polar surface area (TPSA) is 12.0 Å². The number of hydrogen-bond acceptors (Lipinski definition) is 1. The minimum atomic E-state index is -4.29. The Morgan fingerprint density at radius 3 is 2.15 bits per heavy atom. The third-order valence-electron chi connectivity index (χ3n) is 2.88. The van der Waals surface area contributed by atoms with Gasteiger partial charge < -0.3 is 5.32 Å². The zero-order valence-corrected chi connectivity index (χ0v) is 11.3. The predicted octanol–water partition coefficient (Wildman–Crippen LogP) is 4.65. The van der Waals surface area contributed by atoms with E-state index < -0.39 is 11.7 Å². The molecular formula is C15H13ClF3N. The van der Waals surface area contributed by atoms with Crippen LogP contribution in [0.3, 0.4) is 0 Å². The Balaban J connectivity index is 1.90. The number of halogens is 4. The number of alkyl halides is 3. The molecule has 0 saturated heterocycles. The Bertz CT molecular complexity index is 564. The van der Waals surface area contributed by atoms with Gasteiger partial charge in [-0.1, -0.05) is 41.9 Å². The molecular weight excluding hydrogens is 287 g/mol. The summed E-state index contributed by atoms with van der Waals surface area (Å²) in [7, 11) is 0. The molecule has 0 bridgehead atoms. The lowest BCUT2D eigenvalue weighted by molar-refractivity contribution is -0.137. The zero-order valence-electron chi connectivity index (χ0n) is 10.5. The molecule has 0 saturated carbocycles. The first kappa shape index (κ1) is 14.9. The normalized spacial score (nSPS) is 11.6. The van der Waals surface area contributed by atoms with Crippen molar-refractivity contribution in [2.75, 3.05) is 0 Å². The summed E-state index contributed by atoms with van der Waals surface area (Å²) in [4.78, 5) is 0. The SMILES string of the molecule is FC(F)(F)c1ccc(CNCc2ccccc2Cl)cc1. The third-order valence-corrected chi connectivity index (χ3v) is 3.25. The molecule has 1 nitrogen and oxygen atoms in total. The smallest absolute Gasteiger partial charge is 0.309 e. The molecule has 0 amide bonds. The van der Waals surface area contributed by atoms with E-state index in [1.807, 2.05) is 18.2 Å². The van der Waals surface area contributed by atoms with Gasteiger partial charge in [-0.25, -0.2) is 0 Å². The van der Waals surface area contributed by atoms with Gasteiger partial charge in [0.15, 0.2) is 0 Å². The van der Waals surface area contributed by atoms with Crippen LogP contribution in [0.15, 0.2) is 48.5 Å². The van der Waals surface area contributed by atoms with Crippen molar-refractivity contribution >= 4 is 11.6 Å². The van der Waals surface area contributed by atoms with Gasteiger partial charge in [0.1, 0.15) is 0 Å². The van der Waals surface area contributed by atoms with Crippen LogP contribution in [0, 0.1) is 0 Å². The average Bonchev–Trinajstić information content (AvgIpc) is 2.40. The van der Waals surface area contributed by atoms with Crippen molar-refractivity contribution in [1.82, 2.24) is 5.32 Å². The summed E-state index contributed by atoms with van der Waals surface area (Å²) in [6.07, 6.45) is -4.29. The lowest BCUT2D eigenvalue weighted by atomic mass is 10.1. The quantitative estimate of drug-likeness (QED) is 0.866. The van der Waals surface area contributed by atoms with Gasteiger partial charge in [-0.05, 0) is 29.3 Å². The molecule has 0 aromatic heterocycles. The van der Waals surface area contributed by atoms with Crippen LogP contribution in [0.2, 0.25) is 5.02 Å². The van der Waals surface area contributed by atoms with E-state index in [9.17, 15) is 13.2 Å². The van der Waals surface area contributed by atoms with Crippen molar-refractivity contribution in [2.45, 2.75) is 19.3 Å². The molecule has 0 aliphatic rings. The van der Waals surface area contributed by atoms with Gasteiger partial charge in [-0.15, -0.1) is 0 Å². The van der Waals surface area contributed by atoms with Crippen LogP contribution in [0.4, 0.5) is 13.2 Å². The molecule has 2 aromatic rings. The molecule has 5 heteroatoms. The zero-order chi connectivity index (χ0) is 14.6. The second-order valence-corrected chi connectivity index (χ2v) is 4.80. The van der Waals surface area contributed by atoms with Crippen molar-refractivity contribution in [1.29, 1.82) is 0 Å². The lowest BCUT2D eigenvalue weighted by Crippen LogP contribution is -2.13. The Kier molecular flexibility index (Phi) is 4.68. The van der Waals surface area contributed by atoms with Crippen LogP contribution < -0.4 is 5.32 Å². The first-order valence-electron chi connectivity index (χ1n) is 6.07. The highest BCUT2D eigenvalue weighted by molar-refractivity contribution is 6.31. The third kappa shape index (κ3) is 3.99. The maximum Gasteiger partial charge on any atom is 0.416 e. The van der Waals surface area contributed by atoms with Crippen LogP contribution in [0.1, 0.15) is 16.7 Å². The van der Waals surface area contributed by atoms with E-state index in [0.29, 0.717) is 18.1 Å². The highest BCUT2D eigenvalue weighted by atomic mass is 35.5. The summed E-state index contributed by atoms with van der Waals surface area (Å²) in [5.74, 6) is 0. The summed E-state index contributed by atoms with van der Waals surface area (Å²) in [6, 6.07) is 12.6. The fraction of sp³-hybridized carbons (Fsp3) is 0.200. The van der Waals surface area contributed by atoms with Crippen LogP contribution in [0.25, 0.3) is 0 Å². The van der Waals surface area contributed by atoms with Crippen LogP contribution >= 0.6 is 11.6 Å². The van der Waals surface area contributed by atoms with Crippen LogP contribution in [-0.4, -0.2) is 0 Å². The van der Waals surface area contributed by atoms with E-state index in [2.05, 4.69) is 5.32 Å². The first-order chi connectivity index (χ1) is 9.47. The molecule has 0 unspecified atom stereocenters. The molecule has 0 radical (unpaired) electrons. The molecule has 2 aromatic carbocycles. The first-order valence-corrected chi connectivity index (χ1v) is 6.45. The van der Waals surface area contributed by atoms with Gasteiger partial charge in [0, 0.05) is 18.1 Å². The van der Waals surface area contributed by atoms with E-state index in [1.165, 1.54) is 12.1 Å². The van der Waals surface area contributed by atoms with Crippen molar-refractivity contribution in [3.8, 4) is 0 Å². The number of hydrogen-bond donors (Lipinski definition) is 1. The van der Waals surface area contributed by atoms with Crippen molar-refractivity contribution in [2.24, 2.45) is 0 Å². The van der Waals surface area contributed by atoms with Crippen molar-refractivity contribution in [3.63, 3.8) is 0 Å². The van der Waals surface area contributed by atoms with Gasteiger partial charge in [0.2, 0.25) is 0 Å². The van der Waals surface area contributed by atoms with Crippen molar-refractivity contribution in [3.05, 3.63) is 70.2 Å². The molecule has 0 aliphatic carbocycles. The van der Waals surface area contributed by atoms with E-state index in [-0.39, 0.29) is 0 Å². The largest absolute Gasteiger partial charge is 0.416 e. The molecule has 0 atom stereocenters. The monoisotopic (exact) mass is 299 g/mol. The standard InChI is InChI=1S/C15H13ClF3N/c16-14-4-2-1-3-12(14)10-20-9-11-5-7-13(8-6-11)15(17,18)19/h1-8,20H,9-10H2. The summed E-state index contributed by atoms with van der Waals surface area (Å²) in [5.41, 5.74) is 1.12. The summed E-state index contributed by atoms with van der Waals surface area (Å²) in [5, 5.41) is 3.82. The second kappa shape index (κ2) is 6.29. The Labute approximate surface area is 120 Å². The molecule has 106 valence electrons. The van der Waals surface area contributed by atoms with Crippen molar-refractivity contribution < 1.29 is 13.2 Å². The molecule has 0 heterocycles. The number of nitrogens with one attached hydrogen (secondary N) is 1. The van der Waals surface area contributed by atoms with E-state index in [1.54, 1.807) is 6.07 Å². The lowest BCUT2D eigenvalue weighted by Gasteiger charge is -2.09. The fourth-order valence-electron chi connectivity index (χ4n) is 1.79. The van der Waals surface area contributed by atoms with Gasteiger partial charge in [-0.2, -0.15) is 13.2 Å². The Morgan fingerprint density at radius 1 is 0.900 bits per heavy atom. The van der Waals surface area contributed by atoms with Gasteiger partial charge in [0.05, 0.1) is 5.56 Å². The molecule has 0 aliphatic heterocycles.